The average Bonchev–Trinajstić information content (AvgIpc) is 2.94. The van der Waals surface area contributed by atoms with Crippen LogP contribution in [-0.2, 0) is 6.61 Å². The Labute approximate surface area is 115 Å². The van der Waals surface area contributed by atoms with Crippen LogP contribution >= 0.6 is 27.3 Å². The number of hydrogen-bond acceptors (Lipinski definition) is 5. The third kappa shape index (κ3) is 2.19. The molecule has 0 bridgehead atoms. The first kappa shape index (κ1) is 11.5. The van der Waals surface area contributed by atoms with E-state index in [0.29, 0.717) is 18.1 Å². The number of H-pyrrole nitrogens is 1. The lowest BCUT2D eigenvalue weighted by atomic mass is 10.4. The fourth-order valence-corrected chi connectivity index (χ4v) is 2.97. The number of thiophene rings is 1. The molecule has 3 rings (SSSR count). The van der Waals surface area contributed by atoms with Crippen molar-refractivity contribution in [1.29, 1.82) is 0 Å². The van der Waals surface area contributed by atoms with Gasteiger partial charge in [-0.1, -0.05) is 0 Å². The Morgan fingerprint density at radius 2 is 2.33 bits per heavy atom. The zero-order valence-electron chi connectivity index (χ0n) is 9.18. The predicted molar refractivity (Wildman–Crippen MR) is 74.7 cm³/mol. The number of nitrogen functional groups attached to an aromatic ring is 1. The van der Waals surface area contributed by atoms with E-state index in [2.05, 4.69) is 30.9 Å². The minimum Gasteiger partial charge on any atom is -0.471 e. The van der Waals surface area contributed by atoms with Gasteiger partial charge in [-0.25, -0.2) is 0 Å². The molecule has 0 aliphatic rings. The highest BCUT2D eigenvalue weighted by atomic mass is 79.9. The van der Waals surface area contributed by atoms with Crippen molar-refractivity contribution < 1.29 is 4.74 Å². The van der Waals surface area contributed by atoms with Gasteiger partial charge in [0.25, 0.3) is 0 Å². The van der Waals surface area contributed by atoms with Gasteiger partial charge in [0.15, 0.2) is 0 Å². The topological polar surface area (TPSA) is 76.8 Å². The second-order valence-corrected chi connectivity index (χ2v) is 5.56. The molecule has 0 radical (unpaired) electrons. The molecule has 0 saturated carbocycles. The lowest BCUT2D eigenvalue weighted by Crippen LogP contribution is -2.01. The summed E-state index contributed by atoms with van der Waals surface area (Å²) in [7, 11) is 0. The van der Waals surface area contributed by atoms with Crippen molar-refractivity contribution in [3.8, 4) is 5.88 Å². The number of ether oxygens (including phenoxy) is 1. The molecule has 18 heavy (non-hydrogen) atoms. The second-order valence-electron chi connectivity index (χ2n) is 3.65. The molecular weight excluding hydrogens is 316 g/mol. The Kier molecular flexibility index (Phi) is 2.92. The van der Waals surface area contributed by atoms with E-state index in [1.54, 1.807) is 17.5 Å². The van der Waals surface area contributed by atoms with E-state index < -0.39 is 0 Å². The first-order valence-electron chi connectivity index (χ1n) is 5.18. The molecule has 0 amide bonds. The van der Waals surface area contributed by atoms with Crippen LogP contribution in [0.5, 0.6) is 5.88 Å². The van der Waals surface area contributed by atoms with Crippen LogP contribution < -0.4 is 10.5 Å². The van der Waals surface area contributed by atoms with Crippen molar-refractivity contribution in [2.75, 3.05) is 5.73 Å². The summed E-state index contributed by atoms with van der Waals surface area (Å²) >= 11 is 5.03. The van der Waals surface area contributed by atoms with Gasteiger partial charge < -0.3 is 15.5 Å². The number of rotatable bonds is 3. The van der Waals surface area contributed by atoms with Crippen LogP contribution in [0.4, 0.5) is 5.95 Å². The number of fused-ring (bicyclic) bond motifs is 1. The van der Waals surface area contributed by atoms with Gasteiger partial charge in [-0.05, 0) is 28.1 Å². The van der Waals surface area contributed by atoms with Crippen LogP contribution in [0.25, 0.3) is 11.0 Å². The number of hydrogen-bond donors (Lipinski definition) is 2. The van der Waals surface area contributed by atoms with Gasteiger partial charge in [0, 0.05) is 20.9 Å². The van der Waals surface area contributed by atoms with E-state index in [0.717, 1.165) is 14.7 Å². The Bertz CT molecular complexity index is 693. The normalized spacial score (nSPS) is 10.9. The van der Waals surface area contributed by atoms with Crippen LogP contribution in [0.2, 0.25) is 0 Å². The van der Waals surface area contributed by atoms with Crippen LogP contribution in [0.1, 0.15) is 4.88 Å². The zero-order chi connectivity index (χ0) is 12.5. The van der Waals surface area contributed by atoms with Gasteiger partial charge in [0.2, 0.25) is 11.8 Å². The van der Waals surface area contributed by atoms with Gasteiger partial charge in [0.05, 0.1) is 5.39 Å². The van der Waals surface area contributed by atoms with E-state index in [-0.39, 0.29) is 5.95 Å². The molecule has 0 aliphatic carbocycles. The summed E-state index contributed by atoms with van der Waals surface area (Å²) in [5, 5.41) is 2.85. The number of aromatic nitrogens is 3. The standard InChI is InChI=1S/C11H9BrN4OS/c12-6-3-7(18-5-6)4-17-10-8-1-2-14-9(8)15-11(13)16-10/h1-3,5H,4H2,(H3,13,14,15,16). The van der Waals surface area contributed by atoms with Crippen molar-refractivity contribution in [2.45, 2.75) is 6.61 Å². The molecule has 3 heterocycles. The second kappa shape index (κ2) is 4.58. The Balaban J connectivity index is 1.87. The average molecular weight is 325 g/mol. The van der Waals surface area contributed by atoms with Crippen LogP contribution in [0.3, 0.4) is 0 Å². The molecule has 5 nitrogen and oxygen atoms in total. The first-order chi connectivity index (χ1) is 8.72. The quantitative estimate of drug-likeness (QED) is 0.776. The monoisotopic (exact) mass is 324 g/mol. The fourth-order valence-electron chi connectivity index (χ4n) is 1.61. The lowest BCUT2D eigenvalue weighted by Gasteiger charge is -2.05. The van der Waals surface area contributed by atoms with Gasteiger partial charge in [-0.15, -0.1) is 11.3 Å². The Morgan fingerprint density at radius 1 is 1.44 bits per heavy atom. The number of nitrogens with two attached hydrogens (primary N) is 1. The third-order valence-electron chi connectivity index (χ3n) is 2.37. The number of aromatic amines is 1. The minimum absolute atomic E-state index is 0.201. The van der Waals surface area contributed by atoms with Crippen molar-refractivity contribution in [2.24, 2.45) is 0 Å². The van der Waals surface area contributed by atoms with Gasteiger partial charge >= 0.3 is 0 Å². The molecule has 3 aromatic rings. The van der Waals surface area contributed by atoms with Gasteiger partial charge in [-0.2, -0.15) is 9.97 Å². The number of anilines is 1. The molecule has 0 aliphatic heterocycles. The summed E-state index contributed by atoms with van der Waals surface area (Å²) in [6, 6.07) is 3.89. The Hall–Kier alpha value is -1.60. The summed E-state index contributed by atoms with van der Waals surface area (Å²) in [5.41, 5.74) is 6.31. The van der Waals surface area contributed by atoms with Gasteiger partial charge in [0.1, 0.15) is 12.3 Å². The van der Waals surface area contributed by atoms with Crippen molar-refractivity contribution in [3.05, 3.63) is 33.1 Å². The summed E-state index contributed by atoms with van der Waals surface area (Å²) in [6.45, 7) is 0.465. The lowest BCUT2D eigenvalue weighted by molar-refractivity contribution is 0.301. The maximum absolute atomic E-state index is 5.70. The number of nitrogens with zero attached hydrogens (tertiary/aromatic N) is 2. The smallest absolute Gasteiger partial charge is 0.228 e. The largest absolute Gasteiger partial charge is 0.471 e. The maximum Gasteiger partial charge on any atom is 0.228 e. The maximum atomic E-state index is 5.70. The van der Waals surface area contributed by atoms with Gasteiger partial charge in [-0.3, -0.25) is 0 Å². The molecule has 0 fully saturated rings. The summed E-state index contributed by atoms with van der Waals surface area (Å²) in [5.74, 6) is 0.704. The van der Waals surface area contributed by atoms with Crippen molar-refractivity contribution >= 4 is 44.2 Å². The molecule has 0 atom stereocenters. The molecule has 0 spiro atoms. The van der Waals surface area contributed by atoms with Crippen molar-refractivity contribution in [3.63, 3.8) is 0 Å². The molecule has 92 valence electrons. The molecular formula is C11H9BrN4OS. The Morgan fingerprint density at radius 3 is 3.11 bits per heavy atom. The van der Waals surface area contributed by atoms with E-state index >= 15 is 0 Å². The zero-order valence-corrected chi connectivity index (χ0v) is 11.6. The highest BCUT2D eigenvalue weighted by Gasteiger charge is 2.09. The summed E-state index contributed by atoms with van der Waals surface area (Å²) < 4.78 is 6.75. The van der Waals surface area contributed by atoms with E-state index in [4.69, 9.17) is 10.5 Å². The SMILES string of the molecule is Nc1nc(OCc2cc(Br)cs2)c2cc[nH]c2n1. The highest BCUT2D eigenvalue weighted by molar-refractivity contribution is 9.10. The first-order valence-corrected chi connectivity index (χ1v) is 6.86. The third-order valence-corrected chi connectivity index (χ3v) is 4.04. The molecule has 0 unspecified atom stereocenters. The molecule has 3 N–H and O–H groups in total. The summed E-state index contributed by atoms with van der Waals surface area (Å²) in [6.07, 6.45) is 1.79. The van der Waals surface area contributed by atoms with E-state index in [9.17, 15) is 0 Å². The molecule has 3 aromatic heterocycles. The van der Waals surface area contributed by atoms with Crippen molar-refractivity contribution in [1.82, 2.24) is 15.0 Å². The molecule has 0 saturated heterocycles. The van der Waals surface area contributed by atoms with E-state index in [1.807, 2.05) is 17.5 Å². The highest BCUT2D eigenvalue weighted by Crippen LogP contribution is 2.25. The minimum atomic E-state index is 0.201. The summed E-state index contributed by atoms with van der Waals surface area (Å²) in [4.78, 5) is 12.3. The predicted octanol–water partition coefficient (Wildman–Crippen LogP) is 2.94. The van der Waals surface area contributed by atoms with E-state index in [1.165, 1.54) is 0 Å². The van der Waals surface area contributed by atoms with Crippen LogP contribution in [0, 0.1) is 0 Å². The number of halogens is 1. The molecule has 7 heteroatoms. The number of nitrogens with one attached hydrogen (secondary N) is 1. The van der Waals surface area contributed by atoms with Crippen LogP contribution in [-0.4, -0.2) is 15.0 Å². The fraction of sp³-hybridized carbons (Fsp3) is 0.0909. The molecule has 0 aromatic carbocycles. The van der Waals surface area contributed by atoms with Crippen LogP contribution in [0.15, 0.2) is 28.2 Å².